The normalized spacial score (nSPS) is 14.2. The van der Waals surface area contributed by atoms with Gasteiger partial charge in [-0.15, -0.1) is 0 Å². The highest BCUT2D eigenvalue weighted by molar-refractivity contribution is 14.2. The van der Waals surface area contributed by atoms with Gasteiger partial charge in [0.15, 0.2) is 0 Å². The molecule has 2 atom stereocenters. The van der Waals surface area contributed by atoms with Crippen molar-refractivity contribution in [1.29, 1.82) is 0 Å². The quantitative estimate of drug-likeness (QED) is 0.211. The molecule has 0 aliphatic carbocycles. The summed E-state index contributed by atoms with van der Waals surface area (Å²) in [7, 11) is 0. The molecule has 0 saturated carbocycles. The third kappa shape index (κ3) is 8.25. The van der Waals surface area contributed by atoms with Gasteiger partial charge < -0.3 is 0 Å². The smallest absolute Gasteiger partial charge is 0.00204 e. The summed E-state index contributed by atoms with van der Waals surface area (Å²) in [4.78, 5) is 0. The molecule has 1 aromatic carbocycles. The van der Waals surface area contributed by atoms with Crippen LogP contribution >= 0.6 is 55.2 Å². The number of hydrogen-bond acceptors (Lipinski definition) is 0. The standard InChI is InChI=1S/C16H26I2P2/c1-3-5-11-19(17)13-15-9-7-8-10-16(15)14-20(18)12-6-4-2/h7-10H,3-6,11-14H2,1-2H3. The molecule has 0 heterocycles. The summed E-state index contributed by atoms with van der Waals surface area (Å²) in [6.45, 7) is 4.59. The third-order valence-electron chi connectivity index (χ3n) is 3.31. The van der Waals surface area contributed by atoms with Gasteiger partial charge in [-0.2, -0.15) is 0 Å². The van der Waals surface area contributed by atoms with Gasteiger partial charge in [0, 0.05) is 12.3 Å². The molecule has 4 heteroatoms. The van der Waals surface area contributed by atoms with Crippen LogP contribution in [-0.2, 0) is 12.3 Å². The van der Waals surface area contributed by atoms with Crippen molar-refractivity contribution < 1.29 is 0 Å². The Balaban J connectivity index is 2.58. The molecule has 0 aliphatic heterocycles. The number of halogens is 2. The lowest BCUT2D eigenvalue weighted by Crippen LogP contribution is -1.93. The number of benzene rings is 1. The fourth-order valence-electron chi connectivity index (χ4n) is 2.05. The van der Waals surface area contributed by atoms with Crippen molar-refractivity contribution in [3.8, 4) is 0 Å². The van der Waals surface area contributed by atoms with Gasteiger partial charge in [0.25, 0.3) is 0 Å². The average Bonchev–Trinajstić information content (AvgIpc) is 2.45. The van der Waals surface area contributed by atoms with Crippen LogP contribution in [-0.4, -0.2) is 12.3 Å². The Morgan fingerprint density at radius 1 is 0.800 bits per heavy atom. The second-order valence-corrected chi connectivity index (χ2v) is 16.7. The molecule has 0 aromatic heterocycles. The molecule has 1 rings (SSSR count). The van der Waals surface area contributed by atoms with Gasteiger partial charge in [0.05, 0.1) is 0 Å². The highest BCUT2D eigenvalue weighted by Gasteiger charge is 2.11. The zero-order chi connectivity index (χ0) is 14.8. The summed E-state index contributed by atoms with van der Waals surface area (Å²) >= 11 is 5.42. The maximum Gasteiger partial charge on any atom is 0.00204 e. The molecule has 0 nitrogen and oxygen atoms in total. The van der Waals surface area contributed by atoms with E-state index in [-0.39, 0.29) is 11.1 Å². The minimum atomic E-state index is 0.160. The Morgan fingerprint density at radius 2 is 1.20 bits per heavy atom. The highest BCUT2D eigenvalue weighted by atomic mass is 127. The molecular weight excluding hydrogens is 508 g/mol. The van der Waals surface area contributed by atoms with Gasteiger partial charge >= 0.3 is 0 Å². The molecule has 0 amide bonds. The van der Waals surface area contributed by atoms with Crippen molar-refractivity contribution >= 4 is 55.2 Å². The van der Waals surface area contributed by atoms with E-state index in [9.17, 15) is 0 Å². The van der Waals surface area contributed by atoms with Crippen LogP contribution in [0, 0.1) is 0 Å². The summed E-state index contributed by atoms with van der Waals surface area (Å²) in [5.41, 5.74) is 3.58. The van der Waals surface area contributed by atoms with Crippen LogP contribution in [0.2, 0.25) is 0 Å². The van der Waals surface area contributed by atoms with E-state index in [2.05, 4.69) is 82.2 Å². The van der Waals surface area contributed by atoms with Crippen LogP contribution in [0.1, 0.15) is 50.7 Å². The van der Waals surface area contributed by atoms with E-state index in [0.29, 0.717) is 0 Å². The Morgan fingerprint density at radius 3 is 1.55 bits per heavy atom. The second kappa shape index (κ2) is 12.0. The average molecular weight is 534 g/mol. The van der Waals surface area contributed by atoms with Gasteiger partial charge in [-0.1, -0.05) is 95.0 Å². The first-order valence-electron chi connectivity index (χ1n) is 7.55. The van der Waals surface area contributed by atoms with E-state index in [4.69, 9.17) is 0 Å². The summed E-state index contributed by atoms with van der Waals surface area (Å²) < 4.78 is 0. The van der Waals surface area contributed by atoms with Gasteiger partial charge in [-0.05, 0) is 47.4 Å². The van der Waals surface area contributed by atoms with Gasteiger partial charge in [0.1, 0.15) is 0 Å². The van der Waals surface area contributed by atoms with Crippen LogP contribution in [0.4, 0.5) is 0 Å². The molecular formula is C16H26I2P2. The van der Waals surface area contributed by atoms with Gasteiger partial charge in [-0.3, -0.25) is 0 Å². The molecule has 0 radical (unpaired) electrons. The lowest BCUT2D eigenvalue weighted by molar-refractivity contribution is 0.892. The fraction of sp³-hybridized carbons (Fsp3) is 0.625. The van der Waals surface area contributed by atoms with E-state index in [1.54, 1.807) is 11.1 Å². The van der Waals surface area contributed by atoms with Crippen molar-refractivity contribution in [2.24, 2.45) is 0 Å². The highest BCUT2D eigenvalue weighted by Crippen LogP contribution is 2.52. The maximum absolute atomic E-state index is 2.71. The first kappa shape index (κ1) is 19.6. The van der Waals surface area contributed by atoms with E-state index >= 15 is 0 Å². The summed E-state index contributed by atoms with van der Waals surface area (Å²) in [5.74, 6) is 0. The fourth-order valence-corrected chi connectivity index (χ4v) is 9.30. The van der Waals surface area contributed by atoms with Crippen molar-refractivity contribution in [2.75, 3.05) is 12.3 Å². The zero-order valence-corrected chi connectivity index (χ0v) is 18.7. The Bertz CT molecular complexity index is 336. The Hall–Kier alpha value is 1.54. The summed E-state index contributed by atoms with van der Waals surface area (Å²) in [6, 6.07) is 9.18. The van der Waals surface area contributed by atoms with Crippen LogP contribution in [0.25, 0.3) is 0 Å². The predicted octanol–water partition coefficient (Wildman–Crippen LogP) is 7.95. The SMILES string of the molecule is CCCCP(I)Cc1ccccc1CP(I)CCCC. The zero-order valence-electron chi connectivity index (χ0n) is 12.6. The molecule has 0 bridgehead atoms. The maximum atomic E-state index is 2.71. The molecule has 0 spiro atoms. The molecule has 20 heavy (non-hydrogen) atoms. The number of unbranched alkanes of at least 4 members (excludes halogenated alkanes) is 2. The summed E-state index contributed by atoms with van der Waals surface area (Å²) in [5, 5.41) is 0. The molecule has 0 fully saturated rings. The monoisotopic (exact) mass is 534 g/mol. The minimum Gasteiger partial charge on any atom is -0.0654 e. The van der Waals surface area contributed by atoms with E-state index in [1.165, 1.54) is 50.3 Å². The van der Waals surface area contributed by atoms with E-state index in [1.807, 2.05) is 0 Å². The number of hydrogen-bond donors (Lipinski definition) is 0. The van der Waals surface area contributed by atoms with Crippen LogP contribution in [0.15, 0.2) is 24.3 Å². The van der Waals surface area contributed by atoms with E-state index in [0.717, 1.165) is 0 Å². The van der Waals surface area contributed by atoms with Crippen LogP contribution in [0.5, 0.6) is 0 Å². The first-order chi connectivity index (χ1) is 9.67. The van der Waals surface area contributed by atoms with Crippen LogP contribution < -0.4 is 0 Å². The van der Waals surface area contributed by atoms with Crippen LogP contribution in [0.3, 0.4) is 0 Å². The number of rotatable bonds is 10. The molecule has 1 aromatic rings. The largest absolute Gasteiger partial charge is 0.0654 e. The predicted molar refractivity (Wildman–Crippen MR) is 115 cm³/mol. The Kier molecular flexibility index (Phi) is 11.8. The third-order valence-corrected chi connectivity index (χ3v) is 11.2. The van der Waals surface area contributed by atoms with Crippen molar-refractivity contribution in [3.05, 3.63) is 35.4 Å². The molecule has 0 aliphatic rings. The lowest BCUT2D eigenvalue weighted by atomic mass is 10.1. The molecule has 0 N–H and O–H groups in total. The summed E-state index contributed by atoms with van der Waals surface area (Å²) in [6.07, 6.45) is 10.9. The lowest BCUT2D eigenvalue weighted by Gasteiger charge is -2.16. The Labute approximate surface area is 153 Å². The van der Waals surface area contributed by atoms with Crippen molar-refractivity contribution in [2.45, 2.75) is 51.9 Å². The van der Waals surface area contributed by atoms with E-state index < -0.39 is 0 Å². The molecule has 0 saturated heterocycles. The molecule has 114 valence electrons. The molecule has 2 unspecified atom stereocenters. The van der Waals surface area contributed by atoms with Gasteiger partial charge in [-0.25, -0.2) is 0 Å². The van der Waals surface area contributed by atoms with Crippen molar-refractivity contribution in [1.82, 2.24) is 0 Å². The minimum absolute atomic E-state index is 0.160. The van der Waals surface area contributed by atoms with Gasteiger partial charge in [0.2, 0.25) is 0 Å². The van der Waals surface area contributed by atoms with Crippen molar-refractivity contribution in [3.63, 3.8) is 0 Å². The first-order valence-corrected chi connectivity index (χ1v) is 16.5. The topological polar surface area (TPSA) is 0 Å². The second-order valence-electron chi connectivity index (χ2n) is 5.16.